The summed E-state index contributed by atoms with van der Waals surface area (Å²) >= 11 is 0. The van der Waals surface area contributed by atoms with Crippen LogP contribution < -0.4 is 4.72 Å². The molecule has 0 spiro atoms. The van der Waals surface area contributed by atoms with E-state index < -0.39 is 10.0 Å². The Hall–Kier alpha value is -0.350. The van der Waals surface area contributed by atoms with Gasteiger partial charge in [0.05, 0.1) is 5.75 Å². The van der Waals surface area contributed by atoms with Crippen molar-refractivity contribution in [3.8, 4) is 0 Å². The molecular formula is C13H27NO2S. The molecule has 1 N–H and O–H groups in total. The summed E-state index contributed by atoms with van der Waals surface area (Å²) in [6, 6.07) is 0.0264. The van der Waals surface area contributed by atoms with E-state index in [-0.39, 0.29) is 17.2 Å². The zero-order chi connectivity index (χ0) is 13.5. The summed E-state index contributed by atoms with van der Waals surface area (Å²) in [5.41, 5.74) is 0.268. The van der Waals surface area contributed by atoms with Crippen molar-refractivity contribution in [3.05, 3.63) is 12.2 Å². The number of rotatable bonds is 7. The molecule has 0 aromatic heterocycles. The van der Waals surface area contributed by atoms with Crippen LogP contribution in [0.25, 0.3) is 0 Å². The molecule has 4 heteroatoms. The lowest BCUT2D eigenvalue weighted by Gasteiger charge is -2.14. The highest BCUT2D eigenvalue weighted by Crippen LogP contribution is 2.18. The van der Waals surface area contributed by atoms with Gasteiger partial charge < -0.3 is 0 Å². The minimum atomic E-state index is -3.11. The summed E-state index contributed by atoms with van der Waals surface area (Å²) in [7, 11) is -3.11. The first kappa shape index (κ1) is 16.6. The minimum Gasteiger partial charge on any atom is -0.212 e. The monoisotopic (exact) mass is 261 g/mol. The van der Waals surface area contributed by atoms with Gasteiger partial charge in [-0.3, -0.25) is 0 Å². The average Bonchev–Trinajstić information content (AvgIpc) is 2.14. The van der Waals surface area contributed by atoms with Gasteiger partial charge in [0, 0.05) is 6.04 Å². The van der Waals surface area contributed by atoms with E-state index in [1.54, 1.807) is 0 Å². The Labute approximate surface area is 107 Å². The van der Waals surface area contributed by atoms with Gasteiger partial charge in [-0.2, -0.15) is 0 Å². The standard InChI is InChI=1S/C13H27NO2S/c1-6-12(2)14-17(15,16)11-9-7-8-10-13(3,4)5/h7-8,12,14H,6,9-11H2,1-5H3/b8-7+/t12-/m1/s1. The number of hydrogen-bond donors (Lipinski definition) is 1. The van der Waals surface area contributed by atoms with Crippen molar-refractivity contribution >= 4 is 10.0 Å². The van der Waals surface area contributed by atoms with Gasteiger partial charge in [-0.1, -0.05) is 39.8 Å². The zero-order valence-corrected chi connectivity index (χ0v) is 12.6. The third-order valence-corrected chi connectivity index (χ3v) is 3.98. The Balaban J connectivity index is 3.96. The van der Waals surface area contributed by atoms with Crippen molar-refractivity contribution in [2.75, 3.05) is 5.75 Å². The van der Waals surface area contributed by atoms with Crippen LogP contribution in [-0.2, 0) is 10.0 Å². The molecule has 0 bridgehead atoms. The fraction of sp³-hybridized carbons (Fsp3) is 0.846. The molecule has 0 unspecified atom stereocenters. The van der Waals surface area contributed by atoms with E-state index in [4.69, 9.17) is 0 Å². The van der Waals surface area contributed by atoms with Crippen LogP contribution in [0, 0.1) is 5.41 Å². The van der Waals surface area contributed by atoms with Gasteiger partial charge in [-0.05, 0) is 31.6 Å². The summed E-state index contributed by atoms with van der Waals surface area (Å²) < 4.78 is 25.9. The maximum Gasteiger partial charge on any atom is 0.212 e. The molecule has 0 aliphatic heterocycles. The third-order valence-electron chi connectivity index (χ3n) is 2.44. The second-order valence-corrected chi connectivity index (χ2v) is 7.64. The summed E-state index contributed by atoms with van der Waals surface area (Å²) in [6.07, 6.45) is 6.41. The van der Waals surface area contributed by atoms with E-state index in [0.29, 0.717) is 6.42 Å². The quantitative estimate of drug-likeness (QED) is 0.716. The largest absolute Gasteiger partial charge is 0.212 e. The van der Waals surface area contributed by atoms with Gasteiger partial charge >= 0.3 is 0 Å². The molecule has 3 nitrogen and oxygen atoms in total. The predicted octanol–water partition coefficient (Wildman–Crippen LogP) is 3.09. The first-order valence-corrected chi connectivity index (χ1v) is 7.96. The van der Waals surface area contributed by atoms with Crippen molar-refractivity contribution in [1.82, 2.24) is 4.72 Å². The number of nitrogens with one attached hydrogen (secondary N) is 1. The van der Waals surface area contributed by atoms with E-state index in [1.165, 1.54) is 0 Å². The zero-order valence-electron chi connectivity index (χ0n) is 11.8. The van der Waals surface area contributed by atoms with Crippen LogP contribution in [-0.4, -0.2) is 20.2 Å². The Kier molecular flexibility index (Phi) is 7.02. The van der Waals surface area contributed by atoms with Gasteiger partial charge in [-0.15, -0.1) is 0 Å². The Morgan fingerprint density at radius 2 is 1.82 bits per heavy atom. The second kappa shape index (κ2) is 7.17. The Morgan fingerprint density at radius 1 is 1.24 bits per heavy atom. The van der Waals surface area contributed by atoms with E-state index in [9.17, 15) is 8.42 Å². The highest BCUT2D eigenvalue weighted by atomic mass is 32.2. The van der Waals surface area contributed by atoms with Crippen LogP contribution in [0.4, 0.5) is 0 Å². The second-order valence-electron chi connectivity index (χ2n) is 5.77. The van der Waals surface area contributed by atoms with Gasteiger partial charge in [0.25, 0.3) is 0 Å². The normalized spacial score (nSPS) is 15.4. The predicted molar refractivity (Wildman–Crippen MR) is 74.5 cm³/mol. The summed E-state index contributed by atoms with van der Waals surface area (Å²) in [5, 5.41) is 0. The van der Waals surface area contributed by atoms with Crippen LogP contribution in [0.15, 0.2) is 12.2 Å². The molecule has 1 atom stereocenters. The molecular weight excluding hydrogens is 234 g/mol. The van der Waals surface area contributed by atoms with Crippen LogP contribution >= 0.6 is 0 Å². The molecule has 0 aromatic carbocycles. The molecule has 0 aromatic rings. The van der Waals surface area contributed by atoms with Gasteiger partial charge in [0.15, 0.2) is 0 Å². The summed E-state index contributed by atoms with van der Waals surface area (Å²) in [5.74, 6) is 0.179. The lowest BCUT2D eigenvalue weighted by atomic mass is 9.92. The van der Waals surface area contributed by atoms with Crippen molar-refractivity contribution in [2.24, 2.45) is 5.41 Å². The molecule has 0 amide bonds. The van der Waals surface area contributed by atoms with Crippen LogP contribution in [0.2, 0.25) is 0 Å². The lowest BCUT2D eigenvalue weighted by molar-refractivity contribution is 0.420. The third kappa shape index (κ3) is 10.5. The van der Waals surface area contributed by atoms with Gasteiger partial charge in [0.1, 0.15) is 0 Å². The topological polar surface area (TPSA) is 46.2 Å². The molecule has 0 aliphatic rings. The molecule has 0 saturated heterocycles. The highest BCUT2D eigenvalue weighted by Gasteiger charge is 2.12. The fourth-order valence-electron chi connectivity index (χ4n) is 1.23. The first-order chi connectivity index (χ1) is 7.66. The SMILES string of the molecule is CC[C@@H](C)NS(=O)(=O)CC/C=C/CC(C)(C)C. The average molecular weight is 261 g/mol. The Bertz CT molecular complexity index is 326. The number of sulfonamides is 1. The molecule has 0 radical (unpaired) electrons. The molecule has 0 heterocycles. The fourth-order valence-corrected chi connectivity index (χ4v) is 2.57. The van der Waals surface area contributed by atoms with Gasteiger partial charge in [0.2, 0.25) is 10.0 Å². The molecule has 0 saturated carbocycles. The van der Waals surface area contributed by atoms with Crippen molar-refractivity contribution in [3.63, 3.8) is 0 Å². The first-order valence-electron chi connectivity index (χ1n) is 6.31. The van der Waals surface area contributed by atoms with Gasteiger partial charge in [-0.25, -0.2) is 13.1 Å². The van der Waals surface area contributed by atoms with Crippen LogP contribution in [0.5, 0.6) is 0 Å². The maximum atomic E-state index is 11.6. The number of hydrogen-bond acceptors (Lipinski definition) is 2. The molecule has 17 heavy (non-hydrogen) atoms. The lowest BCUT2D eigenvalue weighted by Crippen LogP contribution is -2.33. The van der Waals surface area contributed by atoms with Crippen LogP contribution in [0.1, 0.15) is 53.9 Å². The van der Waals surface area contributed by atoms with E-state index in [2.05, 4.69) is 31.6 Å². The summed E-state index contributed by atoms with van der Waals surface area (Å²) in [4.78, 5) is 0. The van der Waals surface area contributed by atoms with E-state index >= 15 is 0 Å². The van der Waals surface area contributed by atoms with Crippen molar-refractivity contribution < 1.29 is 8.42 Å². The molecule has 0 fully saturated rings. The Morgan fingerprint density at radius 3 is 2.29 bits per heavy atom. The molecule has 102 valence electrons. The number of allylic oxidation sites excluding steroid dienone is 2. The van der Waals surface area contributed by atoms with Crippen LogP contribution in [0.3, 0.4) is 0 Å². The van der Waals surface area contributed by atoms with Crippen molar-refractivity contribution in [1.29, 1.82) is 0 Å². The molecule has 0 rings (SSSR count). The highest BCUT2D eigenvalue weighted by molar-refractivity contribution is 7.89. The molecule has 0 aliphatic carbocycles. The smallest absolute Gasteiger partial charge is 0.212 e. The minimum absolute atomic E-state index is 0.0264. The van der Waals surface area contributed by atoms with E-state index in [0.717, 1.165) is 12.8 Å². The summed E-state index contributed by atoms with van der Waals surface area (Å²) in [6.45, 7) is 10.3. The van der Waals surface area contributed by atoms with E-state index in [1.807, 2.05) is 19.9 Å². The maximum absolute atomic E-state index is 11.6. The van der Waals surface area contributed by atoms with Crippen molar-refractivity contribution in [2.45, 2.75) is 59.9 Å².